The topological polar surface area (TPSA) is 76.6 Å². The van der Waals surface area contributed by atoms with E-state index in [0.717, 1.165) is 37.7 Å². The minimum Gasteiger partial charge on any atom is -0.464 e. The molecule has 126 valence electrons. The first-order chi connectivity index (χ1) is 11.7. The van der Waals surface area contributed by atoms with Gasteiger partial charge in [0.15, 0.2) is 11.5 Å². The van der Waals surface area contributed by atoms with Crippen molar-refractivity contribution in [3.8, 4) is 0 Å². The second-order valence-corrected chi connectivity index (χ2v) is 5.97. The third kappa shape index (κ3) is 3.82. The van der Waals surface area contributed by atoms with Gasteiger partial charge in [-0.1, -0.05) is 0 Å². The summed E-state index contributed by atoms with van der Waals surface area (Å²) < 4.78 is 10.6. The molecule has 1 aliphatic rings. The molecule has 1 saturated heterocycles. The molecule has 0 unspecified atom stereocenters. The SMILES string of the molecule is COC(=O)c1nc(Br)cnc1Nc1ccc(N2CCOCC2)cc1. The molecule has 0 bridgehead atoms. The van der Waals surface area contributed by atoms with Crippen LogP contribution in [0.3, 0.4) is 0 Å². The van der Waals surface area contributed by atoms with Crippen molar-refractivity contribution in [3.63, 3.8) is 0 Å². The number of aromatic nitrogens is 2. The number of rotatable bonds is 4. The van der Waals surface area contributed by atoms with Crippen molar-refractivity contribution in [1.29, 1.82) is 0 Å². The van der Waals surface area contributed by atoms with Crippen LogP contribution in [-0.2, 0) is 9.47 Å². The Labute approximate surface area is 148 Å². The maximum Gasteiger partial charge on any atom is 0.360 e. The maximum atomic E-state index is 11.8. The summed E-state index contributed by atoms with van der Waals surface area (Å²) in [6.07, 6.45) is 1.52. The van der Waals surface area contributed by atoms with Gasteiger partial charge in [-0.2, -0.15) is 0 Å². The molecule has 0 spiro atoms. The number of carbonyl (C=O) groups is 1. The highest BCUT2D eigenvalue weighted by Crippen LogP contribution is 2.23. The highest BCUT2D eigenvalue weighted by Gasteiger charge is 2.16. The number of nitrogens with one attached hydrogen (secondary N) is 1. The van der Waals surface area contributed by atoms with Crippen LogP contribution in [0.1, 0.15) is 10.5 Å². The third-order valence-corrected chi connectivity index (χ3v) is 4.01. The molecule has 0 radical (unpaired) electrons. The highest BCUT2D eigenvalue weighted by atomic mass is 79.9. The van der Waals surface area contributed by atoms with E-state index in [0.29, 0.717) is 10.4 Å². The number of methoxy groups -OCH3 is 1. The van der Waals surface area contributed by atoms with Crippen molar-refractivity contribution >= 4 is 39.1 Å². The number of morpholine rings is 1. The van der Waals surface area contributed by atoms with Gasteiger partial charge in [-0.25, -0.2) is 14.8 Å². The van der Waals surface area contributed by atoms with Crippen molar-refractivity contribution in [2.45, 2.75) is 0 Å². The third-order valence-electron chi connectivity index (χ3n) is 3.63. The first-order valence-electron chi connectivity index (χ1n) is 7.48. The first kappa shape index (κ1) is 16.7. The Morgan fingerprint density at radius 3 is 2.67 bits per heavy atom. The van der Waals surface area contributed by atoms with E-state index in [2.05, 4.69) is 36.1 Å². The van der Waals surface area contributed by atoms with E-state index in [9.17, 15) is 4.79 Å². The Morgan fingerprint density at radius 1 is 1.29 bits per heavy atom. The summed E-state index contributed by atoms with van der Waals surface area (Å²) in [6, 6.07) is 7.93. The first-order valence-corrected chi connectivity index (χ1v) is 8.27. The molecular formula is C16H17BrN4O3. The van der Waals surface area contributed by atoms with Crippen LogP contribution in [0.15, 0.2) is 35.1 Å². The number of ether oxygens (including phenoxy) is 2. The Kier molecular flexibility index (Phi) is 5.27. The fourth-order valence-corrected chi connectivity index (χ4v) is 2.69. The van der Waals surface area contributed by atoms with E-state index in [1.54, 1.807) is 0 Å². The zero-order chi connectivity index (χ0) is 16.9. The molecule has 0 amide bonds. The number of halogens is 1. The summed E-state index contributed by atoms with van der Waals surface area (Å²) >= 11 is 3.21. The van der Waals surface area contributed by atoms with Crippen LogP contribution in [0.2, 0.25) is 0 Å². The van der Waals surface area contributed by atoms with Crippen molar-refractivity contribution in [2.24, 2.45) is 0 Å². The Morgan fingerprint density at radius 2 is 2.00 bits per heavy atom. The zero-order valence-electron chi connectivity index (χ0n) is 13.2. The summed E-state index contributed by atoms with van der Waals surface area (Å²) in [7, 11) is 1.31. The van der Waals surface area contributed by atoms with Gasteiger partial charge in [0.25, 0.3) is 0 Å². The maximum absolute atomic E-state index is 11.8. The second-order valence-electron chi connectivity index (χ2n) is 5.15. The number of hydrogen-bond donors (Lipinski definition) is 1. The lowest BCUT2D eigenvalue weighted by molar-refractivity contribution is 0.0594. The summed E-state index contributed by atoms with van der Waals surface area (Å²) in [5.41, 5.74) is 2.08. The molecule has 24 heavy (non-hydrogen) atoms. The molecule has 1 N–H and O–H groups in total. The molecule has 7 nitrogen and oxygen atoms in total. The van der Waals surface area contributed by atoms with E-state index in [-0.39, 0.29) is 5.69 Å². The summed E-state index contributed by atoms with van der Waals surface area (Å²) in [5.74, 6) is -0.194. The molecular weight excluding hydrogens is 376 g/mol. The lowest BCUT2D eigenvalue weighted by atomic mass is 10.2. The van der Waals surface area contributed by atoms with Gasteiger partial charge in [0.2, 0.25) is 0 Å². The number of anilines is 3. The van der Waals surface area contributed by atoms with Gasteiger partial charge >= 0.3 is 5.97 Å². The molecule has 2 heterocycles. The summed E-state index contributed by atoms with van der Waals surface area (Å²) in [5, 5.41) is 3.11. The van der Waals surface area contributed by atoms with Crippen LogP contribution in [-0.4, -0.2) is 49.4 Å². The number of benzene rings is 1. The molecule has 1 aromatic heterocycles. The lowest BCUT2D eigenvalue weighted by Crippen LogP contribution is -2.36. The quantitative estimate of drug-likeness (QED) is 0.801. The van der Waals surface area contributed by atoms with Gasteiger partial charge in [-0.05, 0) is 40.2 Å². The molecule has 2 aromatic rings. The Hall–Kier alpha value is -2.19. The van der Waals surface area contributed by atoms with Gasteiger partial charge in [-0.3, -0.25) is 0 Å². The number of esters is 1. The largest absolute Gasteiger partial charge is 0.464 e. The minimum absolute atomic E-state index is 0.129. The molecule has 1 aromatic carbocycles. The van der Waals surface area contributed by atoms with E-state index in [1.807, 2.05) is 24.3 Å². The molecule has 3 rings (SSSR count). The van der Waals surface area contributed by atoms with E-state index >= 15 is 0 Å². The van der Waals surface area contributed by atoms with Crippen molar-refractivity contribution < 1.29 is 14.3 Å². The number of nitrogens with zero attached hydrogens (tertiary/aromatic N) is 3. The van der Waals surface area contributed by atoms with E-state index < -0.39 is 5.97 Å². The second kappa shape index (κ2) is 7.59. The predicted molar refractivity (Wildman–Crippen MR) is 93.8 cm³/mol. The average Bonchev–Trinajstić information content (AvgIpc) is 2.64. The zero-order valence-corrected chi connectivity index (χ0v) is 14.7. The van der Waals surface area contributed by atoms with Gasteiger partial charge in [-0.15, -0.1) is 0 Å². The van der Waals surface area contributed by atoms with Crippen molar-refractivity contribution in [1.82, 2.24) is 9.97 Å². The van der Waals surface area contributed by atoms with Crippen molar-refractivity contribution in [2.75, 3.05) is 43.6 Å². The summed E-state index contributed by atoms with van der Waals surface area (Å²) in [6.45, 7) is 3.27. The molecule has 1 aliphatic heterocycles. The monoisotopic (exact) mass is 392 g/mol. The van der Waals surface area contributed by atoms with Crippen LogP contribution in [0, 0.1) is 0 Å². The highest BCUT2D eigenvalue weighted by molar-refractivity contribution is 9.10. The molecule has 0 saturated carbocycles. The van der Waals surface area contributed by atoms with Gasteiger partial charge in [0.05, 0.1) is 26.5 Å². The lowest BCUT2D eigenvalue weighted by Gasteiger charge is -2.28. The minimum atomic E-state index is -0.545. The Balaban J connectivity index is 1.77. The van der Waals surface area contributed by atoms with E-state index in [1.165, 1.54) is 13.3 Å². The van der Waals surface area contributed by atoms with E-state index in [4.69, 9.17) is 9.47 Å². The molecule has 1 fully saturated rings. The molecule has 0 aliphatic carbocycles. The Bertz CT molecular complexity index is 718. The normalized spacial score (nSPS) is 14.3. The molecule has 0 atom stereocenters. The fourth-order valence-electron chi connectivity index (χ4n) is 2.41. The smallest absolute Gasteiger partial charge is 0.360 e. The molecule has 8 heteroatoms. The fraction of sp³-hybridized carbons (Fsp3) is 0.312. The summed E-state index contributed by atoms with van der Waals surface area (Å²) in [4.78, 5) is 22.4. The van der Waals surface area contributed by atoms with Crippen LogP contribution in [0.25, 0.3) is 0 Å². The van der Waals surface area contributed by atoms with Gasteiger partial charge in [0.1, 0.15) is 4.60 Å². The van der Waals surface area contributed by atoms with Crippen LogP contribution < -0.4 is 10.2 Å². The predicted octanol–water partition coefficient (Wildman–Crippen LogP) is 2.61. The number of carbonyl (C=O) groups excluding carboxylic acids is 1. The van der Waals surface area contributed by atoms with Crippen LogP contribution >= 0.6 is 15.9 Å². The van der Waals surface area contributed by atoms with Gasteiger partial charge in [0, 0.05) is 24.5 Å². The van der Waals surface area contributed by atoms with Crippen LogP contribution in [0.5, 0.6) is 0 Å². The number of hydrogen-bond acceptors (Lipinski definition) is 7. The van der Waals surface area contributed by atoms with Gasteiger partial charge < -0.3 is 19.7 Å². The van der Waals surface area contributed by atoms with Crippen molar-refractivity contribution in [3.05, 3.63) is 40.8 Å². The standard InChI is InChI=1S/C16H17BrN4O3/c1-23-16(22)14-15(18-10-13(17)20-14)19-11-2-4-12(5-3-11)21-6-8-24-9-7-21/h2-5,10H,6-9H2,1H3,(H,18,19). The van der Waals surface area contributed by atoms with Crippen LogP contribution in [0.4, 0.5) is 17.2 Å². The average molecular weight is 393 g/mol.